The second-order valence-electron chi connectivity index (χ2n) is 4.74. The second-order valence-corrected chi connectivity index (χ2v) is 6.73. The molecule has 0 amide bonds. The number of aromatic nitrogens is 4. The Kier molecular flexibility index (Phi) is 5.13. The molecular weight excluding hydrogens is 312 g/mol. The Hall–Kier alpha value is -1.79. The third-order valence-electron chi connectivity index (χ3n) is 3.07. The number of thioether (sulfide) groups is 2. The molecule has 3 aromatic rings. The SMILES string of the molecule is Cn1ccnc1SCc1ccc(CSc2ccncc2)nc1. The van der Waals surface area contributed by atoms with E-state index >= 15 is 0 Å². The summed E-state index contributed by atoms with van der Waals surface area (Å²) >= 11 is 3.49. The molecule has 0 atom stereocenters. The molecule has 3 aromatic heterocycles. The summed E-state index contributed by atoms with van der Waals surface area (Å²) in [7, 11) is 2.01. The van der Waals surface area contributed by atoms with Crippen LogP contribution in [0.3, 0.4) is 0 Å². The topological polar surface area (TPSA) is 43.6 Å². The minimum absolute atomic E-state index is 0.872. The summed E-state index contributed by atoms with van der Waals surface area (Å²) in [4.78, 5) is 14.1. The van der Waals surface area contributed by atoms with Crippen LogP contribution in [0.2, 0.25) is 0 Å². The third-order valence-corrected chi connectivity index (χ3v) is 5.24. The molecule has 0 aliphatic heterocycles. The van der Waals surface area contributed by atoms with Crippen molar-refractivity contribution in [1.82, 2.24) is 19.5 Å². The highest BCUT2D eigenvalue weighted by molar-refractivity contribution is 7.98. The van der Waals surface area contributed by atoms with Crippen LogP contribution in [0.5, 0.6) is 0 Å². The molecule has 0 aromatic carbocycles. The Morgan fingerprint density at radius 2 is 1.82 bits per heavy atom. The maximum atomic E-state index is 4.54. The lowest BCUT2D eigenvalue weighted by Gasteiger charge is -2.04. The second kappa shape index (κ2) is 7.47. The number of hydrogen-bond acceptors (Lipinski definition) is 5. The van der Waals surface area contributed by atoms with E-state index in [0.29, 0.717) is 0 Å². The highest BCUT2D eigenvalue weighted by Gasteiger charge is 2.02. The van der Waals surface area contributed by atoms with Gasteiger partial charge in [0.2, 0.25) is 0 Å². The lowest BCUT2D eigenvalue weighted by Crippen LogP contribution is -1.92. The van der Waals surface area contributed by atoms with Crippen molar-refractivity contribution in [3.8, 4) is 0 Å². The van der Waals surface area contributed by atoms with E-state index < -0.39 is 0 Å². The monoisotopic (exact) mass is 328 g/mol. The van der Waals surface area contributed by atoms with Gasteiger partial charge in [-0.1, -0.05) is 17.8 Å². The molecule has 0 radical (unpaired) electrons. The van der Waals surface area contributed by atoms with E-state index in [-0.39, 0.29) is 0 Å². The van der Waals surface area contributed by atoms with Crippen LogP contribution in [0.1, 0.15) is 11.3 Å². The van der Waals surface area contributed by atoms with Crippen molar-refractivity contribution in [2.24, 2.45) is 7.05 Å². The standard InChI is InChI=1S/C16H16N4S2/c1-20-9-8-18-16(20)22-11-13-2-3-14(19-10-13)12-21-15-4-6-17-7-5-15/h2-10H,11-12H2,1H3. The lowest BCUT2D eigenvalue weighted by molar-refractivity contribution is 0.790. The summed E-state index contributed by atoms with van der Waals surface area (Å²) in [5, 5.41) is 1.03. The third kappa shape index (κ3) is 4.11. The largest absolute Gasteiger partial charge is 0.329 e. The molecule has 0 N–H and O–H groups in total. The molecule has 0 saturated carbocycles. The zero-order valence-electron chi connectivity index (χ0n) is 12.2. The average molecular weight is 328 g/mol. The lowest BCUT2D eigenvalue weighted by atomic mass is 10.3. The Labute approximate surface area is 138 Å². The van der Waals surface area contributed by atoms with Crippen molar-refractivity contribution >= 4 is 23.5 Å². The highest BCUT2D eigenvalue weighted by Crippen LogP contribution is 2.23. The van der Waals surface area contributed by atoms with Crippen LogP contribution in [0.15, 0.2) is 65.3 Å². The molecule has 4 nitrogen and oxygen atoms in total. The van der Waals surface area contributed by atoms with Crippen LogP contribution >= 0.6 is 23.5 Å². The van der Waals surface area contributed by atoms with Crippen molar-refractivity contribution in [2.75, 3.05) is 0 Å². The van der Waals surface area contributed by atoms with E-state index in [1.54, 1.807) is 23.5 Å². The van der Waals surface area contributed by atoms with Gasteiger partial charge in [-0.3, -0.25) is 9.97 Å². The first-order chi connectivity index (χ1) is 10.8. The predicted octanol–water partition coefficient (Wildman–Crippen LogP) is 3.79. The summed E-state index contributed by atoms with van der Waals surface area (Å²) in [5.41, 5.74) is 2.30. The van der Waals surface area contributed by atoms with E-state index in [1.807, 2.05) is 54.7 Å². The first-order valence-electron chi connectivity index (χ1n) is 6.88. The van der Waals surface area contributed by atoms with Gasteiger partial charge in [0.1, 0.15) is 0 Å². The first kappa shape index (κ1) is 15.1. The van der Waals surface area contributed by atoms with E-state index in [4.69, 9.17) is 0 Å². The van der Waals surface area contributed by atoms with Gasteiger partial charge in [-0.15, -0.1) is 11.8 Å². The Bertz CT molecular complexity index is 711. The predicted molar refractivity (Wildman–Crippen MR) is 90.8 cm³/mol. The Balaban J connectivity index is 1.53. The Morgan fingerprint density at radius 1 is 0.955 bits per heavy atom. The molecule has 0 unspecified atom stereocenters. The molecule has 3 rings (SSSR count). The van der Waals surface area contributed by atoms with Gasteiger partial charge in [-0.05, 0) is 23.8 Å². The minimum atomic E-state index is 0.872. The van der Waals surface area contributed by atoms with E-state index in [9.17, 15) is 0 Å². The molecule has 0 fully saturated rings. The number of hydrogen-bond donors (Lipinski definition) is 0. The average Bonchev–Trinajstić information content (AvgIpc) is 2.98. The molecule has 0 aliphatic carbocycles. The van der Waals surface area contributed by atoms with Gasteiger partial charge >= 0.3 is 0 Å². The molecule has 0 bridgehead atoms. The summed E-state index contributed by atoms with van der Waals surface area (Å²) in [6, 6.07) is 8.28. The fourth-order valence-electron chi connectivity index (χ4n) is 1.86. The zero-order chi connectivity index (χ0) is 15.2. The smallest absolute Gasteiger partial charge is 0.167 e. The van der Waals surface area contributed by atoms with Crippen LogP contribution in [0.25, 0.3) is 0 Å². The quantitative estimate of drug-likeness (QED) is 0.644. The molecular formula is C16H16N4S2. The fourth-order valence-corrected chi connectivity index (χ4v) is 3.52. The van der Waals surface area contributed by atoms with Gasteiger partial charge in [0.15, 0.2) is 5.16 Å². The van der Waals surface area contributed by atoms with Gasteiger partial charge < -0.3 is 4.57 Å². The van der Waals surface area contributed by atoms with Crippen LogP contribution in [0.4, 0.5) is 0 Å². The van der Waals surface area contributed by atoms with Crippen molar-refractivity contribution in [2.45, 2.75) is 21.6 Å². The summed E-state index contributed by atoms with van der Waals surface area (Å²) < 4.78 is 2.03. The molecule has 0 aliphatic rings. The van der Waals surface area contributed by atoms with Gasteiger partial charge in [0.25, 0.3) is 0 Å². The number of pyridine rings is 2. The number of aryl methyl sites for hydroxylation is 1. The number of rotatable bonds is 6. The van der Waals surface area contributed by atoms with Crippen LogP contribution in [0, 0.1) is 0 Å². The Morgan fingerprint density at radius 3 is 2.50 bits per heavy atom. The normalized spacial score (nSPS) is 10.8. The summed E-state index contributed by atoms with van der Waals surface area (Å²) in [5.74, 6) is 1.76. The van der Waals surface area contributed by atoms with Gasteiger partial charge in [0.05, 0.1) is 5.69 Å². The van der Waals surface area contributed by atoms with E-state index in [1.165, 1.54) is 10.5 Å². The molecule has 22 heavy (non-hydrogen) atoms. The molecule has 6 heteroatoms. The maximum absolute atomic E-state index is 4.54. The fraction of sp³-hybridized carbons (Fsp3) is 0.188. The summed E-state index contributed by atoms with van der Waals surface area (Å²) in [6.07, 6.45) is 9.36. The van der Waals surface area contributed by atoms with Crippen LogP contribution in [-0.4, -0.2) is 19.5 Å². The first-order valence-corrected chi connectivity index (χ1v) is 8.85. The van der Waals surface area contributed by atoms with Crippen molar-refractivity contribution in [3.63, 3.8) is 0 Å². The number of imidazole rings is 1. The van der Waals surface area contributed by atoms with Gasteiger partial charge in [-0.25, -0.2) is 4.98 Å². The van der Waals surface area contributed by atoms with Crippen molar-refractivity contribution in [1.29, 1.82) is 0 Å². The van der Waals surface area contributed by atoms with Gasteiger partial charge in [-0.2, -0.15) is 0 Å². The molecule has 0 spiro atoms. The highest BCUT2D eigenvalue weighted by atomic mass is 32.2. The summed E-state index contributed by atoms with van der Waals surface area (Å²) in [6.45, 7) is 0. The molecule has 0 saturated heterocycles. The molecule has 112 valence electrons. The molecule has 3 heterocycles. The number of nitrogens with zero attached hydrogens (tertiary/aromatic N) is 4. The zero-order valence-corrected chi connectivity index (χ0v) is 13.8. The van der Waals surface area contributed by atoms with Crippen molar-refractivity contribution in [3.05, 3.63) is 66.5 Å². The van der Waals surface area contributed by atoms with Crippen LogP contribution in [-0.2, 0) is 18.6 Å². The van der Waals surface area contributed by atoms with E-state index in [2.05, 4.69) is 27.1 Å². The van der Waals surface area contributed by atoms with E-state index in [0.717, 1.165) is 22.4 Å². The minimum Gasteiger partial charge on any atom is -0.329 e. The van der Waals surface area contributed by atoms with Crippen molar-refractivity contribution < 1.29 is 0 Å². The van der Waals surface area contributed by atoms with Crippen LogP contribution < -0.4 is 0 Å². The van der Waals surface area contributed by atoms with Gasteiger partial charge in [0, 0.05) is 54.4 Å². The maximum Gasteiger partial charge on any atom is 0.167 e.